The molecule has 0 fully saturated rings. The summed E-state index contributed by atoms with van der Waals surface area (Å²) >= 11 is 0. The number of hydrogen-bond acceptors (Lipinski definition) is 5. The van der Waals surface area contributed by atoms with Crippen molar-refractivity contribution in [1.29, 1.82) is 0 Å². The molecule has 1 aliphatic heterocycles. The summed E-state index contributed by atoms with van der Waals surface area (Å²) in [5.41, 5.74) is 0.0440. The first kappa shape index (κ1) is 15.3. The number of amides is 1. The molecule has 1 N–H and O–H groups in total. The quantitative estimate of drug-likeness (QED) is 0.765. The zero-order chi connectivity index (χ0) is 15.5. The maximum Gasteiger partial charge on any atom is 0.345 e. The van der Waals surface area contributed by atoms with Crippen LogP contribution in [0.3, 0.4) is 0 Å². The van der Waals surface area contributed by atoms with Gasteiger partial charge in [0.05, 0.1) is 12.9 Å². The number of rotatable bonds is 5. The first-order valence-electron chi connectivity index (χ1n) is 6.07. The highest BCUT2D eigenvalue weighted by molar-refractivity contribution is 7.88. The van der Waals surface area contributed by atoms with Crippen molar-refractivity contribution < 1.29 is 22.4 Å². The summed E-state index contributed by atoms with van der Waals surface area (Å²) < 4.78 is 38.3. The monoisotopic (exact) mass is 313 g/mol. The Hall–Kier alpha value is -2.13. The molecular formula is C12H15N3O5S. The van der Waals surface area contributed by atoms with E-state index in [4.69, 9.17) is 9.15 Å². The molecule has 1 aromatic heterocycles. The molecule has 2 rings (SSSR count). The number of likely N-dealkylation sites (N-methyl/N-ethyl adjacent to an activating group) is 1. The number of carbonyl (C=O) groups is 1. The van der Waals surface area contributed by atoms with Gasteiger partial charge >= 0.3 is 10.2 Å². The second kappa shape index (κ2) is 6.10. The van der Waals surface area contributed by atoms with E-state index in [0.29, 0.717) is 6.61 Å². The number of hydrogen-bond donors (Lipinski definition) is 1. The molecule has 114 valence electrons. The van der Waals surface area contributed by atoms with Gasteiger partial charge in [0.15, 0.2) is 5.76 Å². The van der Waals surface area contributed by atoms with Crippen LogP contribution in [-0.4, -0.2) is 51.7 Å². The third kappa shape index (κ3) is 3.31. The number of allylic oxidation sites excluding steroid dienone is 1. The van der Waals surface area contributed by atoms with E-state index in [2.05, 4.69) is 9.71 Å². The fraction of sp³-hybridized carbons (Fsp3) is 0.333. The highest BCUT2D eigenvalue weighted by Crippen LogP contribution is 2.19. The van der Waals surface area contributed by atoms with Crippen LogP contribution in [0.2, 0.25) is 0 Å². The van der Waals surface area contributed by atoms with Crippen LogP contribution in [0.1, 0.15) is 5.76 Å². The Morgan fingerprint density at radius 1 is 1.52 bits per heavy atom. The Kier molecular flexibility index (Phi) is 4.43. The van der Waals surface area contributed by atoms with Crippen molar-refractivity contribution in [1.82, 2.24) is 9.62 Å². The molecule has 1 amide bonds. The van der Waals surface area contributed by atoms with Crippen LogP contribution in [0.5, 0.6) is 0 Å². The molecule has 9 heteroatoms. The van der Waals surface area contributed by atoms with Gasteiger partial charge in [0.1, 0.15) is 11.4 Å². The lowest BCUT2D eigenvalue weighted by Gasteiger charge is -2.22. The maximum atomic E-state index is 12.1. The molecule has 1 aromatic rings. The number of ether oxygens (including phenoxy) is 1. The van der Waals surface area contributed by atoms with Gasteiger partial charge < -0.3 is 14.5 Å². The molecule has 0 bridgehead atoms. The lowest BCUT2D eigenvalue weighted by atomic mass is 10.2. The number of nitrogens with zero attached hydrogens (tertiary/aromatic N) is 2. The van der Waals surface area contributed by atoms with Crippen molar-refractivity contribution in [2.75, 3.05) is 27.3 Å². The zero-order valence-electron chi connectivity index (χ0n) is 11.6. The summed E-state index contributed by atoms with van der Waals surface area (Å²) in [4.78, 5) is 12.1. The van der Waals surface area contributed by atoms with Crippen LogP contribution in [-0.2, 0) is 19.7 Å². The second-order valence-corrected chi connectivity index (χ2v) is 5.80. The summed E-state index contributed by atoms with van der Waals surface area (Å²) in [6, 6.07) is 3.17. The molecule has 2 heterocycles. The SMILES string of the molecule is COCCNC(=O)C1=CC(c2ccco2)=NS(=O)(=O)N1C. The summed E-state index contributed by atoms with van der Waals surface area (Å²) in [7, 11) is -1.19. The van der Waals surface area contributed by atoms with Gasteiger partial charge in [-0.25, -0.2) is 4.31 Å². The molecule has 0 radical (unpaired) electrons. The van der Waals surface area contributed by atoms with Crippen LogP contribution in [0.15, 0.2) is 39.0 Å². The zero-order valence-corrected chi connectivity index (χ0v) is 12.4. The van der Waals surface area contributed by atoms with E-state index in [9.17, 15) is 13.2 Å². The molecule has 0 unspecified atom stereocenters. The van der Waals surface area contributed by atoms with Gasteiger partial charge in [-0.2, -0.15) is 8.42 Å². The van der Waals surface area contributed by atoms with Crippen LogP contribution in [0.25, 0.3) is 0 Å². The van der Waals surface area contributed by atoms with Crippen molar-refractivity contribution in [3.8, 4) is 0 Å². The average Bonchev–Trinajstić information content (AvgIpc) is 2.95. The van der Waals surface area contributed by atoms with Gasteiger partial charge in [-0.05, 0) is 18.2 Å². The van der Waals surface area contributed by atoms with E-state index >= 15 is 0 Å². The minimum absolute atomic E-state index is 0.0347. The maximum absolute atomic E-state index is 12.1. The van der Waals surface area contributed by atoms with Crippen molar-refractivity contribution in [2.45, 2.75) is 0 Å². The summed E-state index contributed by atoms with van der Waals surface area (Å²) in [6.07, 6.45) is 2.76. The topological polar surface area (TPSA) is 101 Å². The van der Waals surface area contributed by atoms with Crippen LogP contribution in [0, 0.1) is 0 Å². The van der Waals surface area contributed by atoms with E-state index in [1.54, 1.807) is 12.1 Å². The molecule has 0 aromatic carbocycles. The number of methoxy groups -OCH3 is 1. The second-order valence-electron chi connectivity index (χ2n) is 4.18. The molecule has 0 atom stereocenters. The van der Waals surface area contributed by atoms with Crippen molar-refractivity contribution in [3.63, 3.8) is 0 Å². The third-order valence-electron chi connectivity index (χ3n) is 2.77. The molecule has 21 heavy (non-hydrogen) atoms. The minimum Gasteiger partial charge on any atom is -0.463 e. The Morgan fingerprint density at radius 2 is 2.29 bits per heavy atom. The highest BCUT2D eigenvalue weighted by Gasteiger charge is 2.30. The first-order valence-corrected chi connectivity index (χ1v) is 7.47. The molecule has 0 spiro atoms. The van der Waals surface area contributed by atoms with Crippen LogP contribution in [0.4, 0.5) is 0 Å². The van der Waals surface area contributed by atoms with E-state index in [1.807, 2.05) is 0 Å². The molecule has 8 nitrogen and oxygen atoms in total. The Labute approximate surface area is 122 Å². The van der Waals surface area contributed by atoms with E-state index in [-0.39, 0.29) is 23.7 Å². The third-order valence-corrected chi connectivity index (χ3v) is 4.09. The lowest BCUT2D eigenvalue weighted by Crippen LogP contribution is -2.39. The van der Waals surface area contributed by atoms with Gasteiger partial charge in [-0.1, -0.05) is 0 Å². The number of furan rings is 1. The Bertz CT molecular complexity index is 676. The molecule has 1 aliphatic rings. The summed E-state index contributed by atoms with van der Waals surface area (Å²) in [5, 5.41) is 2.56. The number of carbonyl (C=O) groups excluding carboxylic acids is 1. The largest absolute Gasteiger partial charge is 0.463 e. The normalized spacial score (nSPS) is 17.1. The van der Waals surface area contributed by atoms with Crippen molar-refractivity contribution >= 4 is 21.8 Å². The van der Waals surface area contributed by atoms with Crippen LogP contribution >= 0.6 is 0 Å². The fourth-order valence-corrected chi connectivity index (χ4v) is 2.56. The smallest absolute Gasteiger partial charge is 0.345 e. The Balaban J connectivity index is 2.30. The predicted molar refractivity (Wildman–Crippen MR) is 74.9 cm³/mol. The average molecular weight is 313 g/mol. The molecule has 0 saturated heterocycles. The highest BCUT2D eigenvalue weighted by atomic mass is 32.2. The predicted octanol–water partition coefficient (Wildman–Crippen LogP) is -0.0946. The van der Waals surface area contributed by atoms with Gasteiger partial charge in [0.25, 0.3) is 5.91 Å². The lowest BCUT2D eigenvalue weighted by molar-refractivity contribution is -0.118. The van der Waals surface area contributed by atoms with Crippen LogP contribution < -0.4 is 5.32 Å². The van der Waals surface area contributed by atoms with Gasteiger partial charge in [0.2, 0.25) is 0 Å². The standard InChI is InChI=1S/C12H15N3O5S/c1-15-10(12(16)13-5-7-19-2)8-9(14-21(15,17)18)11-4-3-6-20-11/h3-4,6,8H,5,7H2,1-2H3,(H,13,16). The van der Waals surface area contributed by atoms with E-state index < -0.39 is 16.1 Å². The minimum atomic E-state index is -3.96. The molecule has 0 saturated carbocycles. The molecule has 0 aliphatic carbocycles. The molecular weight excluding hydrogens is 298 g/mol. The summed E-state index contributed by atoms with van der Waals surface area (Å²) in [6.45, 7) is 0.600. The van der Waals surface area contributed by atoms with Gasteiger partial charge in [-0.15, -0.1) is 4.40 Å². The van der Waals surface area contributed by atoms with E-state index in [0.717, 1.165) is 4.31 Å². The van der Waals surface area contributed by atoms with Crippen molar-refractivity contribution in [3.05, 3.63) is 35.9 Å². The van der Waals surface area contributed by atoms with Crippen molar-refractivity contribution in [2.24, 2.45) is 4.40 Å². The summed E-state index contributed by atoms with van der Waals surface area (Å²) in [5.74, 6) is -0.258. The fourth-order valence-electron chi connectivity index (χ4n) is 1.66. The van der Waals surface area contributed by atoms with Gasteiger partial charge in [-0.3, -0.25) is 4.79 Å². The number of nitrogens with one attached hydrogen (secondary N) is 1. The Morgan fingerprint density at radius 3 is 2.90 bits per heavy atom. The van der Waals surface area contributed by atoms with E-state index in [1.165, 1.54) is 26.5 Å². The first-order chi connectivity index (χ1) is 9.95. The van der Waals surface area contributed by atoms with Gasteiger partial charge in [0, 0.05) is 20.7 Å².